The standard InChI is InChI=1S/C16H13FN2O2/c1-21-10-4-2-9(3-5-10)12-8-13(17)14(16(18)20)11-6-7-19-15(11)12/h2-5,7-8H,6H2,1H3,(H2,18,20). The predicted octanol–water partition coefficient (Wildman–Crippen LogP) is 2.86. The Bertz CT molecular complexity index is 752. The molecule has 2 N–H and O–H groups in total. The monoisotopic (exact) mass is 284 g/mol. The van der Waals surface area contributed by atoms with Crippen LogP contribution in [0.5, 0.6) is 5.75 Å². The van der Waals surface area contributed by atoms with E-state index in [1.54, 1.807) is 25.5 Å². The summed E-state index contributed by atoms with van der Waals surface area (Å²) in [6.45, 7) is 0. The molecule has 2 aromatic rings. The molecular weight excluding hydrogens is 271 g/mol. The summed E-state index contributed by atoms with van der Waals surface area (Å²) in [5, 5.41) is 0. The fourth-order valence-electron chi connectivity index (χ4n) is 2.52. The fraction of sp³-hybridized carbons (Fsp3) is 0.125. The van der Waals surface area contributed by atoms with E-state index in [1.807, 2.05) is 12.1 Å². The van der Waals surface area contributed by atoms with Gasteiger partial charge in [0.2, 0.25) is 0 Å². The predicted molar refractivity (Wildman–Crippen MR) is 78.8 cm³/mol. The Morgan fingerprint density at radius 2 is 2.05 bits per heavy atom. The largest absolute Gasteiger partial charge is 0.497 e. The first-order valence-electron chi connectivity index (χ1n) is 6.44. The Kier molecular flexibility index (Phi) is 3.17. The van der Waals surface area contributed by atoms with Crippen LogP contribution in [0.3, 0.4) is 0 Å². The van der Waals surface area contributed by atoms with Crippen molar-refractivity contribution in [1.29, 1.82) is 0 Å². The Morgan fingerprint density at radius 3 is 2.67 bits per heavy atom. The minimum atomic E-state index is -0.768. The van der Waals surface area contributed by atoms with E-state index in [0.717, 1.165) is 5.56 Å². The van der Waals surface area contributed by atoms with Crippen molar-refractivity contribution < 1.29 is 13.9 Å². The topological polar surface area (TPSA) is 64.7 Å². The second kappa shape index (κ2) is 5.01. The number of carbonyl (C=O) groups is 1. The number of primary amides is 1. The summed E-state index contributed by atoms with van der Waals surface area (Å²) in [5.74, 6) is -0.666. The SMILES string of the molecule is COc1ccc(-c2cc(F)c(C(N)=O)c3c2N=CC3)cc1. The van der Waals surface area contributed by atoms with Gasteiger partial charge in [-0.2, -0.15) is 0 Å². The number of carbonyl (C=O) groups excluding carboxylic acids is 1. The van der Waals surface area contributed by atoms with Gasteiger partial charge in [-0.3, -0.25) is 9.79 Å². The highest BCUT2D eigenvalue weighted by Gasteiger charge is 2.23. The van der Waals surface area contributed by atoms with E-state index in [2.05, 4.69) is 4.99 Å². The van der Waals surface area contributed by atoms with E-state index in [9.17, 15) is 9.18 Å². The normalized spacial score (nSPS) is 12.3. The Hall–Kier alpha value is -2.69. The third kappa shape index (κ3) is 2.16. The molecule has 1 aliphatic heterocycles. The van der Waals surface area contributed by atoms with E-state index < -0.39 is 11.7 Å². The molecule has 1 heterocycles. The van der Waals surface area contributed by atoms with Crippen LogP contribution in [0.25, 0.3) is 11.1 Å². The fourth-order valence-corrected chi connectivity index (χ4v) is 2.52. The minimum Gasteiger partial charge on any atom is -0.497 e. The number of aliphatic imine (C=N–C) groups is 1. The summed E-state index contributed by atoms with van der Waals surface area (Å²) in [6, 6.07) is 8.54. The average Bonchev–Trinajstić information content (AvgIpc) is 2.95. The van der Waals surface area contributed by atoms with Crippen LogP contribution >= 0.6 is 0 Å². The highest BCUT2D eigenvalue weighted by Crippen LogP contribution is 2.39. The second-order valence-corrected chi connectivity index (χ2v) is 4.72. The van der Waals surface area contributed by atoms with Crippen LogP contribution in [0.2, 0.25) is 0 Å². The molecule has 5 heteroatoms. The first kappa shape index (κ1) is 13.3. The lowest BCUT2D eigenvalue weighted by molar-refractivity contribution is 0.0996. The number of nitrogens with zero attached hydrogens (tertiary/aromatic N) is 1. The summed E-state index contributed by atoms with van der Waals surface area (Å²) in [7, 11) is 1.58. The molecule has 106 valence electrons. The van der Waals surface area contributed by atoms with Crippen LogP contribution in [0.15, 0.2) is 35.3 Å². The van der Waals surface area contributed by atoms with Gasteiger partial charge >= 0.3 is 0 Å². The number of nitrogens with two attached hydrogens (primary N) is 1. The molecule has 0 aromatic heterocycles. The first-order chi connectivity index (χ1) is 10.1. The molecule has 0 saturated carbocycles. The third-order valence-corrected chi connectivity index (χ3v) is 3.52. The number of fused-ring (bicyclic) bond motifs is 1. The highest BCUT2D eigenvalue weighted by atomic mass is 19.1. The van der Waals surface area contributed by atoms with Gasteiger partial charge in [0.05, 0.1) is 18.4 Å². The van der Waals surface area contributed by atoms with Crippen LogP contribution in [0.4, 0.5) is 10.1 Å². The van der Waals surface area contributed by atoms with Gasteiger partial charge in [-0.15, -0.1) is 0 Å². The Balaban J connectivity index is 2.19. The third-order valence-electron chi connectivity index (χ3n) is 3.52. The van der Waals surface area contributed by atoms with Crippen LogP contribution in [-0.2, 0) is 6.42 Å². The van der Waals surface area contributed by atoms with Crippen molar-refractivity contribution in [1.82, 2.24) is 0 Å². The molecule has 0 saturated heterocycles. The molecule has 4 nitrogen and oxygen atoms in total. The lowest BCUT2D eigenvalue weighted by Crippen LogP contribution is -2.16. The van der Waals surface area contributed by atoms with Gasteiger partial charge in [0.15, 0.2) is 0 Å². The van der Waals surface area contributed by atoms with Crippen molar-refractivity contribution in [3.63, 3.8) is 0 Å². The molecule has 21 heavy (non-hydrogen) atoms. The number of methoxy groups -OCH3 is 1. The van der Waals surface area contributed by atoms with E-state index in [-0.39, 0.29) is 5.56 Å². The number of hydrogen-bond acceptors (Lipinski definition) is 3. The van der Waals surface area contributed by atoms with Crippen molar-refractivity contribution in [2.75, 3.05) is 7.11 Å². The molecule has 2 aromatic carbocycles. The first-order valence-corrected chi connectivity index (χ1v) is 6.44. The van der Waals surface area contributed by atoms with Crippen molar-refractivity contribution in [2.24, 2.45) is 10.7 Å². The van der Waals surface area contributed by atoms with E-state index in [0.29, 0.717) is 29.0 Å². The number of benzene rings is 2. The number of halogens is 1. The molecule has 0 radical (unpaired) electrons. The zero-order valence-corrected chi connectivity index (χ0v) is 11.4. The smallest absolute Gasteiger partial charge is 0.252 e. The molecule has 0 unspecified atom stereocenters. The summed E-state index contributed by atoms with van der Waals surface area (Å²) < 4.78 is 19.3. The van der Waals surface area contributed by atoms with Gasteiger partial charge < -0.3 is 10.5 Å². The van der Waals surface area contributed by atoms with Crippen molar-refractivity contribution in [2.45, 2.75) is 6.42 Å². The maximum atomic E-state index is 14.2. The lowest BCUT2D eigenvalue weighted by Gasteiger charge is -2.12. The zero-order chi connectivity index (χ0) is 15.0. The van der Waals surface area contributed by atoms with Gasteiger partial charge in [0.1, 0.15) is 11.6 Å². The molecule has 0 fully saturated rings. The van der Waals surface area contributed by atoms with Gasteiger partial charge in [-0.1, -0.05) is 12.1 Å². The highest BCUT2D eigenvalue weighted by molar-refractivity contribution is 6.01. The summed E-state index contributed by atoms with van der Waals surface area (Å²) in [5.41, 5.74) is 7.80. The van der Waals surface area contributed by atoms with Crippen molar-refractivity contribution in [3.8, 4) is 16.9 Å². The molecule has 0 spiro atoms. The average molecular weight is 284 g/mol. The van der Waals surface area contributed by atoms with Crippen molar-refractivity contribution in [3.05, 3.63) is 47.3 Å². The summed E-state index contributed by atoms with van der Waals surface area (Å²) in [6.07, 6.45) is 2.07. The van der Waals surface area contributed by atoms with Gasteiger partial charge in [-0.25, -0.2) is 4.39 Å². The lowest BCUT2D eigenvalue weighted by atomic mass is 9.95. The van der Waals surface area contributed by atoms with E-state index in [1.165, 1.54) is 6.07 Å². The zero-order valence-electron chi connectivity index (χ0n) is 11.4. The molecule has 0 atom stereocenters. The van der Waals surface area contributed by atoms with E-state index in [4.69, 9.17) is 10.5 Å². The van der Waals surface area contributed by atoms with Crippen LogP contribution in [0.1, 0.15) is 15.9 Å². The molecule has 1 amide bonds. The van der Waals surface area contributed by atoms with E-state index >= 15 is 0 Å². The molecule has 0 aliphatic carbocycles. The van der Waals surface area contributed by atoms with Crippen LogP contribution in [0, 0.1) is 5.82 Å². The van der Waals surface area contributed by atoms with Gasteiger partial charge in [0, 0.05) is 18.2 Å². The van der Waals surface area contributed by atoms with Gasteiger partial charge in [0.25, 0.3) is 5.91 Å². The van der Waals surface area contributed by atoms with Gasteiger partial charge in [-0.05, 0) is 29.3 Å². The minimum absolute atomic E-state index is 0.0697. The number of ether oxygens (including phenoxy) is 1. The Labute approximate surface area is 121 Å². The number of hydrogen-bond donors (Lipinski definition) is 1. The van der Waals surface area contributed by atoms with Crippen molar-refractivity contribution >= 4 is 17.8 Å². The number of rotatable bonds is 3. The molecule has 3 rings (SSSR count). The number of amides is 1. The summed E-state index contributed by atoms with van der Waals surface area (Å²) in [4.78, 5) is 15.7. The van der Waals surface area contributed by atoms with Crippen LogP contribution in [-0.4, -0.2) is 19.2 Å². The summed E-state index contributed by atoms with van der Waals surface area (Å²) >= 11 is 0. The quantitative estimate of drug-likeness (QED) is 0.941. The maximum Gasteiger partial charge on any atom is 0.252 e. The molecule has 0 bridgehead atoms. The maximum absolute atomic E-state index is 14.2. The van der Waals surface area contributed by atoms with Crippen LogP contribution < -0.4 is 10.5 Å². The second-order valence-electron chi connectivity index (χ2n) is 4.72. The Morgan fingerprint density at radius 1 is 1.33 bits per heavy atom. The molecular formula is C16H13FN2O2. The molecule has 1 aliphatic rings.